The number of carbonyl (C=O) groups is 1. The lowest BCUT2D eigenvalue weighted by molar-refractivity contribution is 0.0935. The van der Waals surface area contributed by atoms with Crippen LogP contribution < -0.4 is 0 Å². The van der Waals surface area contributed by atoms with Gasteiger partial charge in [-0.3, -0.25) is 9.69 Å². The zero-order valence-corrected chi connectivity index (χ0v) is 12.7. The molecule has 0 aliphatic carbocycles. The Morgan fingerprint density at radius 1 is 1.32 bits per heavy atom. The quantitative estimate of drug-likeness (QED) is 0.791. The number of hydrogen-bond donors (Lipinski definition) is 0. The zero-order chi connectivity index (χ0) is 13.8. The third-order valence-corrected chi connectivity index (χ3v) is 3.48. The number of aryl methyl sites for hydroxylation is 1. The Bertz CT molecular complexity index is 577. The first kappa shape index (κ1) is 14.0. The minimum absolute atomic E-state index is 0.144. The summed E-state index contributed by atoms with van der Waals surface area (Å²) in [4.78, 5) is 14.1. The standard InChI is InChI=1S/C15H17BrN2O/c1-17(10-12-5-3-6-13(16)9-12)11-15(19)14-7-4-8-18(14)2/h3-9H,10-11H2,1-2H3. The van der Waals surface area contributed by atoms with Crippen LogP contribution in [0, 0.1) is 0 Å². The molecule has 3 nitrogen and oxygen atoms in total. The van der Waals surface area contributed by atoms with E-state index in [4.69, 9.17) is 0 Å². The Hall–Kier alpha value is -1.39. The fraction of sp³-hybridized carbons (Fsp3) is 0.267. The number of Topliss-reactive ketones (excluding diaryl/α,β-unsaturated/α-hetero) is 1. The van der Waals surface area contributed by atoms with Gasteiger partial charge in [-0.05, 0) is 36.9 Å². The highest BCUT2D eigenvalue weighted by atomic mass is 79.9. The molecule has 2 rings (SSSR count). The van der Waals surface area contributed by atoms with Gasteiger partial charge in [0.15, 0.2) is 5.78 Å². The minimum atomic E-state index is 0.144. The van der Waals surface area contributed by atoms with Crippen LogP contribution in [0.1, 0.15) is 16.1 Å². The Labute approximate surface area is 122 Å². The molecule has 0 fully saturated rings. The van der Waals surface area contributed by atoms with Gasteiger partial charge in [-0.2, -0.15) is 0 Å². The maximum Gasteiger partial charge on any atom is 0.193 e. The summed E-state index contributed by atoms with van der Waals surface area (Å²) >= 11 is 3.46. The monoisotopic (exact) mass is 320 g/mol. The number of halogens is 1. The van der Waals surface area contributed by atoms with Crippen LogP contribution in [0.2, 0.25) is 0 Å². The number of ketones is 1. The Kier molecular flexibility index (Phi) is 4.56. The Morgan fingerprint density at radius 2 is 2.11 bits per heavy atom. The van der Waals surface area contributed by atoms with Crippen LogP contribution in [0.15, 0.2) is 47.1 Å². The summed E-state index contributed by atoms with van der Waals surface area (Å²) in [6.45, 7) is 1.18. The SMILES string of the molecule is CN(CC(=O)c1cccn1C)Cc1cccc(Br)c1. The van der Waals surface area contributed by atoms with E-state index in [1.54, 1.807) is 0 Å². The van der Waals surface area contributed by atoms with Crippen molar-refractivity contribution in [3.63, 3.8) is 0 Å². The molecule has 100 valence electrons. The van der Waals surface area contributed by atoms with Gasteiger partial charge in [0, 0.05) is 24.3 Å². The summed E-state index contributed by atoms with van der Waals surface area (Å²) in [6, 6.07) is 11.9. The highest BCUT2D eigenvalue weighted by Crippen LogP contribution is 2.13. The van der Waals surface area contributed by atoms with Crippen LogP contribution in [-0.4, -0.2) is 28.8 Å². The van der Waals surface area contributed by atoms with Crippen LogP contribution in [0.4, 0.5) is 0 Å². The van der Waals surface area contributed by atoms with Crippen LogP contribution in [0.25, 0.3) is 0 Å². The lowest BCUT2D eigenvalue weighted by atomic mass is 10.2. The number of carbonyl (C=O) groups excluding carboxylic acids is 1. The molecule has 0 N–H and O–H groups in total. The van der Waals surface area contributed by atoms with Gasteiger partial charge in [-0.1, -0.05) is 28.1 Å². The van der Waals surface area contributed by atoms with Gasteiger partial charge in [0.1, 0.15) is 0 Å². The van der Waals surface area contributed by atoms with Gasteiger partial charge in [0.2, 0.25) is 0 Å². The molecule has 0 spiro atoms. The second-order valence-electron chi connectivity index (χ2n) is 4.73. The largest absolute Gasteiger partial charge is 0.348 e. The van der Waals surface area contributed by atoms with E-state index in [0.29, 0.717) is 6.54 Å². The molecule has 0 amide bonds. The first-order valence-electron chi connectivity index (χ1n) is 6.14. The smallest absolute Gasteiger partial charge is 0.193 e. The molecule has 0 radical (unpaired) electrons. The Balaban J connectivity index is 1.96. The summed E-state index contributed by atoms with van der Waals surface area (Å²) < 4.78 is 2.92. The van der Waals surface area contributed by atoms with E-state index in [0.717, 1.165) is 16.7 Å². The van der Waals surface area contributed by atoms with Crippen LogP contribution in [0.5, 0.6) is 0 Å². The second kappa shape index (κ2) is 6.17. The van der Waals surface area contributed by atoms with Crippen molar-refractivity contribution >= 4 is 21.7 Å². The first-order chi connectivity index (χ1) is 9.06. The minimum Gasteiger partial charge on any atom is -0.348 e. The maximum atomic E-state index is 12.1. The summed E-state index contributed by atoms with van der Waals surface area (Å²) in [5.74, 6) is 0.144. The van der Waals surface area contributed by atoms with Crippen LogP contribution >= 0.6 is 15.9 Å². The number of aromatic nitrogens is 1. The average Bonchev–Trinajstić information content (AvgIpc) is 2.75. The average molecular weight is 321 g/mol. The van der Waals surface area contributed by atoms with E-state index < -0.39 is 0 Å². The molecule has 0 saturated carbocycles. The molecular formula is C15H17BrN2O. The van der Waals surface area contributed by atoms with Crippen molar-refractivity contribution in [2.24, 2.45) is 7.05 Å². The number of hydrogen-bond acceptors (Lipinski definition) is 2. The van der Waals surface area contributed by atoms with Crippen molar-refractivity contribution in [1.82, 2.24) is 9.47 Å². The van der Waals surface area contributed by atoms with Gasteiger partial charge >= 0.3 is 0 Å². The van der Waals surface area contributed by atoms with Crippen molar-refractivity contribution in [3.8, 4) is 0 Å². The number of benzene rings is 1. The van der Waals surface area contributed by atoms with Crippen LogP contribution in [-0.2, 0) is 13.6 Å². The third kappa shape index (κ3) is 3.78. The molecule has 1 aromatic heterocycles. The highest BCUT2D eigenvalue weighted by Gasteiger charge is 2.12. The van der Waals surface area contributed by atoms with Crippen molar-refractivity contribution < 1.29 is 4.79 Å². The summed E-state index contributed by atoms with van der Waals surface area (Å²) in [6.07, 6.45) is 1.89. The highest BCUT2D eigenvalue weighted by molar-refractivity contribution is 9.10. The van der Waals surface area contributed by atoms with Crippen molar-refractivity contribution in [2.75, 3.05) is 13.6 Å². The molecule has 0 unspecified atom stereocenters. The molecule has 0 aliphatic rings. The molecule has 0 aliphatic heterocycles. The van der Waals surface area contributed by atoms with Crippen LogP contribution in [0.3, 0.4) is 0 Å². The van der Waals surface area contributed by atoms with Gasteiger partial charge < -0.3 is 4.57 Å². The first-order valence-corrected chi connectivity index (χ1v) is 6.93. The molecular weight excluding hydrogens is 304 g/mol. The lowest BCUT2D eigenvalue weighted by Crippen LogP contribution is -2.26. The van der Waals surface area contributed by atoms with Gasteiger partial charge in [-0.15, -0.1) is 0 Å². The summed E-state index contributed by atoms with van der Waals surface area (Å²) in [5, 5.41) is 0. The maximum absolute atomic E-state index is 12.1. The van der Waals surface area contributed by atoms with Crippen molar-refractivity contribution in [2.45, 2.75) is 6.54 Å². The normalized spacial score (nSPS) is 10.9. The van der Waals surface area contributed by atoms with E-state index in [1.165, 1.54) is 5.56 Å². The van der Waals surface area contributed by atoms with Gasteiger partial charge in [-0.25, -0.2) is 0 Å². The molecule has 2 aromatic rings. The number of rotatable bonds is 5. The molecule has 1 aromatic carbocycles. The molecule has 0 bridgehead atoms. The molecule has 19 heavy (non-hydrogen) atoms. The topological polar surface area (TPSA) is 25.2 Å². The fourth-order valence-corrected chi connectivity index (χ4v) is 2.53. The van der Waals surface area contributed by atoms with E-state index >= 15 is 0 Å². The zero-order valence-electron chi connectivity index (χ0n) is 11.1. The number of nitrogens with zero attached hydrogens (tertiary/aromatic N) is 2. The van der Waals surface area contributed by atoms with Crippen molar-refractivity contribution in [3.05, 3.63) is 58.3 Å². The molecule has 0 atom stereocenters. The fourth-order valence-electron chi connectivity index (χ4n) is 2.08. The van der Waals surface area contributed by atoms with E-state index in [1.807, 2.05) is 54.0 Å². The summed E-state index contributed by atoms with van der Waals surface area (Å²) in [5.41, 5.74) is 1.94. The third-order valence-electron chi connectivity index (χ3n) is 2.98. The van der Waals surface area contributed by atoms with Gasteiger partial charge in [0.05, 0.1) is 12.2 Å². The lowest BCUT2D eigenvalue weighted by Gasteiger charge is -2.16. The van der Waals surface area contributed by atoms with E-state index in [2.05, 4.69) is 28.1 Å². The predicted octanol–water partition coefficient (Wildman–Crippen LogP) is 3.10. The predicted molar refractivity (Wildman–Crippen MR) is 80.2 cm³/mol. The van der Waals surface area contributed by atoms with Gasteiger partial charge in [0.25, 0.3) is 0 Å². The van der Waals surface area contributed by atoms with E-state index in [-0.39, 0.29) is 5.78 Å². The molecule has 1 heterocycles. The Morgan fingerprint density at radius 3 is 2.74 bits per heavy atom. The molecule has 4 heteroatoms. The summed E-state index contributed by atoms with van der Waals surface area (Å²) in [7, 11) is 3.85. The number of likely N-dealkylation sites (N-methyl/N-ethyl adjacent to an activating group) is 1. The van der Waals surface area contributed by atoms with E-state index in [9.17, 15) is 4.79 Å². The molecule has 0 saturated heterocycles. The van der Waals surface area contributed by atoms with Crippen molar-refractivity contribution in [1.29, 1.82) is 0 Å². The second-order valence-corrected chi connectivity index (χ2v) is 5.65.